The summed E-state index contributed by atoms with van der Waals surface area (Å²) in [6.07, 6.45) is 0. The first-order chi connectivity index (χ1) is 31.7. The predicted molar refractivity (Wildman–Crippen MR) is 263 cm³/mol. The van der Waals surface area contributed by atoms with Gasteiger partial charge in [-0.25, -0.2) is 15.0 Å². The van der Waals surface area contributed by atoms with Crippen molar-refractivity contribution in [2.75, 3.05) is 0 Å². The first-order valence-electron chi connectivity index (χ1n) is 21.3. The van der Waals surface area contributed by atoms with Crippen LogP contribution in [-0.4, -0.2) is 19.5 Å². The number of hydrogen-bond donors (Lipinski definition) is 0. The van der Waals surface area contributed by atoms with Crippen LogP contribution >= 0.6 is 11.3 Å². The maximum absolute atomic E-state index is 6.65. The molecule has 14 aromatic rings. The molecule has 14 rings (SSSR count). The van der Waals surface area contributed by atoms with Crippen LogP contribution in [0.4, 0.5) is 0 Å². The molecule has 0 unspecified atom stereocenters. The maximum atomic E-state index is 6.65. The third-order valence-electron chi connectivity index (χ3n) is 12.7. The van der Waals surface area contributed by atoms with Gasteiger partial charge in [-0.15, -0.1) is 11.3 Å². The van der Waals surface area contributed by atoms with Crippen molar-refractivity contribution in [3.8, 4) is 51.0 Å². The molecule has 0 saturated carbocycles. The SMILES string of the molecule is c1ccc(-n2c3ccccc3c3cccc(-c4ccc5oc6cccc(-c7nc(-c8ccc9c(c8)oc8ccccc89)nc(-c8cccc9sc%10ccccc%10c89)n7)c6c5c4)c32)cc1. The number of benzene rings is 9. The first kappa shape index (κ1) is 35.2. The summed E-state index contributed by atoms with van der Waals surface area (Å²) >= 11 is 1.78. The Morgan fingerprint density at radius 1 is 0.359 bits per heavy atom. The van der Waals surface area contributed by atoms with Gasteiger partial charge in [-0.1, -0.05) is 127 Å². The quantitative estimate of drug-likeness (QED) is 0.173. The molecule has 0 radical (unpaired) electrons. The third kappa shape index (κ3) is 5.22. The van der Waals surface area contributed by atoms with E-state index in [1.54, 1.807) is 11.3 Å². The van der Waals surface area contributed by atoms with E-state index in [1.807, 2.05) is 36.4 Å². The number of para-hydroxylation sites is 4. The second-order valence-electron chi connectivity index (χ2n) is 16.3. The molecule has 6 nitrogen and oxygen atoms in total. The topological polar surface area (TPSA) is 69.9 Å². The standard InChI is InChI=1S/C57H32N4O2S/c1-2-13-35(14-3-1)61-45-22-7-4-15-37(45)40-19-10-18-36(54(40)61)33-28-30-47-44(31-33)52-42(20-11-24-48(52)62-47)56-58-55(34-27-29-39-38-16-5-8-23-46(38)63-49(39)32-34)59-57(60-56)43-21-12-26-51-53(43)41-17-6-9-25-50(41)64-51/h1-32H. The van der Waals surface area contributed by atoms with Crippen molar-refractivity contribution in [1.29, 1.82) is 0 Å². The Balaban J connectivity index is 1.01. The van der Waals surface area contributed by atoms with Crippen LogP contribution in [-0.2, 0) is 0 Å². The summed E-state index contributed by atoms with van der Waals surface area (Å²) in [5.74, 6) is 1.72. The largest absolute Gasteiger partial charge is 0.456 e. The zero-order valence-corrected chi connectivity index (χ0v) is 34.8. The van der Waals surface area contributed by atoms with Crippen molar-refractivity contribution in [2.24, 2.45) is 0 Å². The van der Waals surface area contributed by atoms with Gasteiger partial charge in [0, 0.05) is 80.4 Å². The van der Waals surface area contributed by atoms with Crippen molar-refractivity contribution in [2.45, 2.75) is 0 Å². The number of hydrogen-bond acceptors (Lipinski definition) is 6. The molecule has 7 heteroatoms. The highest BCUT2D eigenvalue weighted by molar-refractivity contribution is 7.25. The molecular formula is C57H32N4O2S. The fourth-order valence-corrected chi connectivity index (χ4v) is 11.0. The van der Waals surface area contributed by atoms with Gasteiger partial charge >= 0.3 is 0 Å². The Morgan fingerprint density at radius 2 is 0.969 bits per heavy atom. The summed E-state index contributed by atoms with van der Waals surface area (Å²) in [4.78, 5) is 16.0. The van der Waals surface area contributed by atoms with E-state index in [-0.39, 0.29) is 0 Å². The zero-order valence-electron chi connectivity index (χ0n) is 34.0. The Morgan fingerprint density at radius 3 is 1.86 bits per heavy atom. The number of nitrogens with zero attached hydrogens (tertiary/aromatic N) is 4. The van der Waals surface area contributed by atoms with Gasteiger partial charge in [-0.2, -0.15) is 0 Å². The molecule has 64 heavy (non-hydrogen) atoms. The number of rotatable bonds is 5. The Bertz CT molecular complexity index is 4210. The van der Waals surface area contributed by atoms with E-state index in [2.05, 4.69) is 162 Å². The minimum atomic E-state index is 0.560. The molecule has 0 N–H and O–H groups in total. The summed E-state index contributed by atoms with van der Waals surface area (Å²) in [5.41, 5.74) is 11.5. The van der Waals surface area contributed by atoms with Gasteiger partial charge in [0.1, 0.15) is 22.3 Å². The summed E-state index contributed by atoms with van der Waals surface area (Å²) in [5, 5.41) is 8.80. The molecule has 0 aliphatic heterocycles. The Kier molecular flexibility index (Phi) is 7.46. The molecule has 0 saturated heterocycles. The number of thiophene rings is 1. The lowest BCUT2D eigenvalue weighted by molar-refractivity contribution is 0.668. The number of fused-ring (bicyclic) bond motifs is 12. The third-order valence-corrected chi connectivity index (χ3v) is 13.8. The molecule has 9 aromatic carbocycles. The van der Waals surface area contributed by atoms with Crippen LogP contribution < -0.4 is 0 Å². The lowest BCUT2D eigenvalue weighted by atomic mass is 9.98. The molecule has 0 fully saturated rings. The minimum absolute atomic E-state index is 0.560. The normalized spacial score (nSPS) is 12.1. The highest BCUT2D eigenvalue weighted by Crippen LogP contribution is 2.44. The molecule has 5 aromatic heterocycles. The maximum Gasteiger partial charge on any atom is 0.164 e. The lowest BCUT2D eigenvalue weighted by Gasteiger charge is -2.12. The van der Waals surface area contributed by atoms with Crippen molar-refractivity contribution in [3.05, 3.63) is 194 Å². The van der Waals surface area contributed by atoms with Crippen LogP contribution in [0.2, 0.25) is 0 Å². The van der Waals surface area contributed by atoms with Gasteiger partial charge in [0.25, 0.3) is 0 Å². The minimum Gasteiger partial charge on any atom is -0.456 e. The molecule has 298 valence electrons. The first-order valence-corrected chi connectivity index (χ1v) is 22.2. The van der Waals surface area contributed by atoms with Gasteiger partial charge < -0.3 is 13.4 Å². The molecule has 0 spiro atoms. The van der Waals surface area contributed by atoms with Gasteiger partial charge in [0.2, 0.25) is 0 Å². The molecule has 0 atom stereocenters. The molecular weight excluding hydrogens is 805 g/mol. The van der Waals surface area contributed by atoms with E-state index >= 15 is 0 Å². The summed E-state index contributed by atoms with van der Waals surface area (Å²) in [6.45, 7) is 0. The van der Waals surface area contributed by atoms with Crippen LogP contribution in [0, 0.1) is 0 Å². The smallest absolute Gasteiger partial charge is 0.164 e. The van der Waals surface area contributed by atoms with Crippen LogP contribution in [0.15, 0.2) is 203 Å². The molecule has 0 aliphatic carbocycles. The van der Waals surface area contributed by atoms with Gasteiger partial charge in [0.15, 0.2) is 17.5 Å². The summed E-state index contributed by atoms with van der Waals surface area (Å²) in [6, 6.07) is 67.9. The van der Waals surface area contributed by atoms with E-state index in [0.29, 0.717) is 17.5 Å². The summed E-state index contributed by atoms with van der Waals surface area (Å²) < 4.78 is 17.8. The Hall–Kier alpha value is -8.39. The monoisotopic (exact) mass is 836 g/mol. The van der Waals surface area contributed by atoms with Crippen molar-refractivity contribution < 1.29 is 8.83 Å². The molecule has 0 aliphatic rings. The van der Waals surface area contributed by atoms with E-state index in [1.165, 1.54) is 31.1 Å². The van der Waals surface area contributed by atoms with Crippen LogP contribution in [0.1, 0.15) is 0 Å². The Labute approximate surface area is 368 Å². The van der Waals surface area contributed by atoms with Gasteiger partial charge in [0.05, 0.1) is 11.0 Å². The van der Waals surface area contributed by atoms with Crippen molar-refractivity contribution in [3.63, 3.8) is 0 Å². The van der Waals surface area contributed by atoms with E-state index in [9.17, 15) is 0 Å². The zero-order chi connectivity index (χ0) is 41.9. The predicted octanol–water partition coefficient (Wildman–Crippen LogP) is 15.8. The van der Waals surface area contributed by atoms with Gasteiger partial charge in [-0.3, -0.25) is 0 Å². The lowest BCUT2D eigenvalue weighted by Crippen LogP contribution is -2.00. The van der Waals surface area contributed by atoms with Crippen molar-refractivity contribution in [1.82, 2.24) is 19.5 Å². The van der Waals surface area contributed by atoms with Crippen LogP contribution in [0.3, 0.4) is 0 Å². The highest BCUT2D eigenvalue weighted by Gasteiger charge is 2.22. The average molecular weight is 837 g/mol. The number of aromatic nitrogens is 4. The van der Waals surface area contributed by atoms with E-state index < -0.39 is 0 Å². The molecule has 0 amide bonds. The van der Waals surface area contributed by atoms with Crippen LogP contribution in [0.25, 0.3) is 137 Å². The average Bonchev–Trinajstić information content (AvgIpc) is 4.12. The van der Waals surface area contributed by atoms with Crippen LogP contribution in [0.5, 0.6) is 0 Å². The van der Waals surface area contributed by atoms with Crippen molar-refractivity contribution >= 4 is 97.2 Å². The summed E-state index contributed by atoms with van der Waals surface area (Å²) in [7, 11) is 0. The fraction of sp³-hybridized carbons (Fsp3) is 0. The highest BCUT2D eigenvalue weighted by atomic mass is 32.1. The van der Waals surface area contributed by atoms with E-state index in [4.69, 9.17) is 23.8 Å². The molecule has 0 bridgehead atoms. The molecule has 5 heterocycles. The van der Waals surface area contributed by atoms with E-state index in [0.717, 1.165) is 88.3 Å². The second kappa shape index (κ2) is 13.6. The number of furan rings is 2. The van der Waals surface area contributed by atoms with Gasteiger partial charge in [-0.05, 0) is 72.3 Å². The second-order valence-corrected chi connectivity index (χ2v) is 17.4. The fourth-order valence-electron chi connectivity index (χ4n) is 9.85.